The Kier molecular flexibility index (Phi) is 6.32. The third-order valence-corrected chi connectivity index (χ3v) is 7.58. The maximum atomic E-state index is 15.4. The second-order valence-corrected chi connectivity index (χ2v) is 12.0. The van der Waals surface area contributed by atoms with Gasteiger partial charge in [0.25, 0.3) is 0 Å². The molecule has 0 saturated carbocycles. The Morgan fingerprint density at radius 2 is 1.97 bits per heavy atom. The van der Waals surface area contributed by atoms with Gasteiger partial charge in [-0.1, -0.05) is 13.8 Å². The number of hydrogen-bond acceptors (Lipinski definition) is 9. The van der Waals surface area contributed by atoms with Crippen molar-refractivity contribution in [2.45, 2.75) is 25.9 Å². The van der Waals surface area contributed by atoms with Crippen LogP contribution in [0.1, 0.15) is 25.3 Å². The van der Waals surface area contributed by atoms with Crippen LogP contribution in [0.25, 0.3) is 22.2 Å². The van der Waals surface area contributed by atoms with Crippen molar-refractivity contribution in [2.24, 2.45) is 18.7 Å². The molecule has 1 saturated heterocycles. The Morgan fingerprint density at radius 3 is 2.62 bits per heavy atom. The van der Waals surface area contributed by atoms with Crippen LogP contribution in [0.15, 0.2) is 43.0 Å². The first-order valence-corrected chi connectivity index (χ1v) is 14.0. The van der Waals surface area contributed by atoms with Gasteiger partial charge in [-0.3, -0.25) is 4.68 Å². The van der Waals surface area contributed by atoms with Crippen LogP contribution in [0.5, 0.6) is 0 Å². The molecule has 37 heavy (non-hydrogen) atoms. The van der Waals surface area contributed by atoms with E-state index in [-0.39, 0.29) is 23.4 Å². The van der Waals surface area contributed by atoms with Crippen molar-refractivity contribution in [1.29, 1.82) is 0 Å². The number of hydrogen-bond donors (Lipinski definition) is 2. The standard InChI is InChI=1S/C25H29FN8O2S/c1-14(2)23-17-7-22(31-21-5-6-28-25(32-21)15-9-30-33(3)11-15)29-10-18(17)20(8-19(23)26)34-12-16(24(34)27)13-37(4,35)36/h5-11,14,16,24H,12-13,27H2,1-4H3,(H,28,29,31,32)/t16-,24+/m1/s1. The molecule has 0 aliphatic carbocycles. The fraction of sp³-hybridized carbons (Fsp3) is 0.360. The highest BCUT2D eigenvalue weighted by atomic mass is 32.2. The average molecular weight is 525 g/mol. The zero-order valence-electron chi connectivity index (χ0n) is 21.1. The first-order chi connectivity index (χ1) is 17.5. The molecular formula is C25H29FN8O2S. The van der Waals surface area contributed by atoms with Gasteiger partial charge in [0.15, 0.2) is 5.82 Å². The third kappa shape index (κ3) is 4.98. The number of pyridine rings is 1. The van der Waals surface area contributed by atoms with Crippen LogP contribution in [0, 0.1) is 11.7 Å². The molecule has 10 nitrogen and oxygen atoms in total. The van der Waals surface area contributed by atoms with Crippen molar-refractivity contribution in [3.63, 3.8) is 0 Å². The van der Waals surface area contributed by atoms with E-state index in [0.717, 1.165) is 10.9 Å². The number of nitrogens with one attached hydrogen (secondary N) is 1. The predicted octanol–water partition coefficient (Wildman–Crippen LogP) is 3.20. The molecule has 0 unspecified atom stereocenters. The number of fused-ring (bicyclic) bond motifs is 1. The van der Waals surface area contributed by atoms with E-state index in [1.54, 1.807) is 29.3 Å². The number of nitrogens with zero attached hydrogens (tertiary/aromatic N) is 6. The van der Waals surface area contributed by atoms with Crippen LogP contribution in [0.4, 0.5) is 21.7 Å². The Morgan fingerprint density at radius 1 is 1.19 bits per heavy atom. The predicted molar refractivity (Wildman–Crippen MR) is 142 cm³/mol. The molecule has 0 bridgehead atoms. The number of sulfone groups is 1. The number of halogens is 1. The number of anilines is 3. The van der Waals surface area contributed by atoms with Crippen LogP contribution >= 0.6 is 0 Å². The fourth-order valence-corrected chi connectivity index (χ4v) is 5.89. The van der Waals surface area contributed by atoms with Gasteiger partial charge in [0.1, 0.15) is 27.3 Å². The molecule has 1 aliphatic heterocycles. The minimum atomic E-state index is -3.16. The second-order valence-electron chi connectivity index (χ2n) is 9.85. The molecule has 0 spiro atoms. The van der Waals surface area contributed by atoms with E-state index < -0.39 is 16.0 Å². The van der Waals surface area contributed by atoms with E-state index in [0.29, 0.717) is 40.6 Å². The summed E-state index contributed by atoms with van der Waals surface area (Å²) in [4.78, 5) is 15.3. The molecule has 4 heterocycles. The van der Waals surface area contributed by atoms with Gasteiger partial charge in [-0.15, -0.1) is 0 Å². The highest BCUT2D eigenvalue weighted by Crippen LogP contribution is 2.40. The molecule has 3 aromatic heterocycles. The van der Waals surface area contributed by atoms with Gasteiger partial charge in [0, 0.05) is 49.7 Å². The number of aromatic nitrogens is 5. The summed E-state index contributed by atoms with van der Waals surface area (Å²) in [6.07, 6.45) is 7.53. The van der Waals surface area contributed by atoms with Crippen LogP contribution in [-0.4, -0.2) is 57.9 Å². The van der Waals surface area contributed by atoms with E-state index >= 15 is 4.39 Å². The lowest BCUT2D eigenvalue weighted by Crippen LogP contribution is -2.63. The molecule has 12 heteroatoms. The summed E-state index contributed by atoms with van der Waals surface area (Å²) in [6.45, 7) is 4.31. The van der Waals surface area contributed by atoms with E-state index in [9.17, 15) is 8.42 Å². The van der Waals surface area contributed by atoms with E-state index in [1.807, 2.05) is 38.1 Å². The Labute approximate surface area is 214 Å². The van der Waals surface area contributed by atoms with Crippen molar-refractivity contribution < 1.29 is 12.8 Å². The zero-order valence-corrected chi connectivity index (χ0v) is 21.9. The topological polar surface area (TPSA) is 132 Å². The highest BCUT2D eigenvalue weighted by Gasteiger charge is 2.39. The molecule has 4 aromatic rings. The number of benzene rings is 1. The normalized spacial score (nSPS) is 17.9. The van der Waals surface area contributed by atoms with Crippen LogP contribution < -0.4 is 16.0 Å². The van der Waals surface area contributed by atoms with Crippen LogP contribution in [0.3, 0.4) is 0 Å². The molecule has 1 aromatic carbocycles. The molecule has 5 rings (SSSR count). The zero-order chi connectivity index (χ0) is 26.5. The minimum absolute atomic E-state index is 0.00143. The Balaban J connectivity index is 1.50. The lowest BCUT2D eigenvalue weighted by atomic mass is 9.91. The summed E-state index contributed by atoms with van der Waals surface area (Å²) in [5.41, 5.74) is 8.29. The first-order valence-electron chi connectivity index (χ1n) is 11.9. The maximum Gasteiger partial charge on any atom is 0.164 e. The smallest absolute Gasteiger partial charge is 0.164 e. The van der Waals surface area contributed by atoms with Gasteiger partial charge in [-0.25, -0.2) is 27.8 Å². The lowest BCUT2D eigenvalue weighted by molar-refractivity contribution is 0.327. The van der Waals surface area contributed by atoms with Crippen molar-refractivity contribution >= 4 is 37.9 Å². The molecule has 1 aliphatic rings. The minimum Gasteiger partial charge on any atom is -0.355 e. The molecule has 2 atom stereocenters. The monoisotopic (exact) mass is 524 g/mol. The summed E-state index contributed by atoms with van der Waals surface area (Å²) in [7, 11) is -1.34. The van der Waals surface area contributed by atoms with Crippen molar-refractivity contribution in [1.82, 2.24) is 24.7 Å². The van der Waals surface area contributed by atoms with E-state index in [4.69, 9.17) is 5.73 Å². The highest BCUT2D eigenvalue weighted by molar-refractivity contribution is 7.90. The number of nitrogens with two attached hydrogens (primary N) is 1. The van der Waals surface area contributed by atoms with Crippen molar-refractivity contribution in [2.75, 3.05) is 28.8 Å². The van der Waals surface area contributed by atoms with Gasteiger partial charge in [-0.05, 0) is 35.1 Å². The fourth-order valence-electron chi connectivity index (χ4n) is 4.81. The summed E-state index contributed by atoms with van der Waals surface area (Å²) in [5, 5.41) is 8.83. The summed E-state index contributed by atoms with van der Waals surface area (Å²) in [5.74, 6) is 0.937. The molecule has 1 fully saturated rings. The lowest BCUT2D eigenvalue weighted by Gasteiger charge is -2.47. The van der Waals surface area contributed by atoms with Crippen molar-refractivity contribution in [3.8, 4) is 11.4 Å². The Bertz CT molecular complexity index is 1590. The molecular weight excluding hydrogens is 495 g/mol. The second kappa shape index (κ2) is 9.34. The number of rotatable bonds is 7. The SMILES string of the molecule is CC(C)c1c(F)cc(N2C[C@H](CS(C)(=O)=O)[C@H]2N)c2cnc(Nc3ccnc(-c4cnn(C)c4)n3)cc12. The summed E-state index contributed by atoms with van der Waals surface area (Å²) in [6, 6.07) is 5.02. The summed E-state index contributed by atoms with van der Waals surface area (Å²) >= 11 is 0. The molecule has 194 valence electrons. The van der Waals surface area contributed by atoms with Crippen molar-refractivity contribution in [3.05, 3.63) is 54.4 Å². The van der Waals surface area contributed by atoms with Crippen LogP contribution in [-0.2, 0) is 16.9 Å². The van der Waals surface area contributed by atoms with E-state index in [1.165, 1.54) is 12.3 Å². The van der Waals surface area contributed by atoms with Gasteiger partial charge in [0.2, 0.25) is 0 Å². The van der Waals surface area contributed by atoms with Gasteiger partial charge in [0.05, 0.1) is 29.4 Å². The maximum absolute atomic E-state index is 15.4. The van der Waals surface area contributed by atoms with E-state index in [2.05, 4.69) is 25.4 Å². The van der Waals surface area contributed by atoms with Crippen LogP contribution in [0.2, 0.25) is 0 Å². The molecule has 3 N–H and O–H groups in total. The van der Waals surface area contributed by atoms with Gasteiger partial charge in [-0.2, -0.15) is 5.10 Å². The molecule has 0 amide bonds. The number of aryl methyl sites for hydroxylation is 1. The third-order valence-electron chi connectivity index (χ3n) is 6.54. The largest absolute Gasteiger partial charge is 0.355 e. The molecule has 0 radical (unpaired) electrons. The summed E-state index contributed by atoms with van der Waals surface area (Å²) < 4.78 is 40.6. The van der Waals surface area contributed by atoms with Gasteiger partial charge >= 0.3 is 0 Å². The van der Waals surface area contributed by atoms with Gasteiger partial charge < -0.3 is 16.0 Å². The Hall–Kier alpha value is -3.64. The average Bonchev–Trinajstić information content (AvgIpc) is 3.26. The first kappa shape index (κ1) is 25.0. The quantitative estimate of drug-likeness (QED) is 0.374.